The van der Waals surface area contributed by atoms with Crippen molar-refractivity contribution in [3.8, 4) is 5.75 Å². The number of nitrogens with one attached hydrogen (secondary N) is 1. The van der Waals surface area contributed by atoms with Gasteiger partial charge >= 0.3 is 0 Å². The number of amides is 1. The molecule has 3 rings (SSSR count). The van der Waals surface area contributed by atoms with E-state index in [2.05, 4.69) is 40.5 Å². The number of ether oxygens (including phenoxy) is 1. The van der Waals surface area contributed by atoms with Crippen molar-refractivity contribution in [2.45, 2.75) is 52.8 Å². The number of hydrogen-bond donors (Lipinski definition) is 1. The van der Waals surface area contributed by atoms with Crippen LogP contribution in [0, 0.1) is 13.8 Å². The lowest BCUT2D eigenvalue weighted by molar-refractivity contribution is -0.127. The fraction of sp³-hybridized carbons (Fsp3) is 0.435. The van der Waals surface area contributed by atoms with E-state index in [1.807, 2.05) is 26.0 Å². The molecule has 1 saturated heterocycles. The lowest BCUT2D eigenvalue weighted by Crippen LogP contribution is -2.36. The smallest absolute Gasteiger partial charge is 0.261 e. The Morgan fingerprint density at radius 3 is 2.41 bits per heavy atom. The zero-order chi connectivity index (χ0) is 19.2. The van der Waals surface area contributed by atoms with Crippen LogP contribution in [0.2, 0.25) is 0 Å². The van der Waals surface area contributed by atoms with Crippen molar-refractivity contribution in [2.75, 3.05) is 13.1 Å². The summed E-state index contributed by atoms with van der Waals surface area (Å²) in [5.41, 5.74) is 4.67. The fourth-order valence-electron chi connectivity index (χ4n) is 3.47. The SMILES string of the molecule is Cc1ccc(O[C@H](C)C(=O)NCc2ccc(CN3CCCC3)cc2)c(C)c1. The molecule has 1 aliphatic rings. The van der Waals surface area contributed by atoms with Crippen LogP contribution in [0.25, 0.3) is 0 Å². The van der Waals surface area contributed by atoms with Gasteiger partial charge < -0.3 is 10.1 Å². The van der Waals surface area contributed by atoms with E-state index in [1.165, 1.54) is 37.1 Å². The Labute approximate surface area is 162 Å². The van der Waals surface area contributed by atoms with Gasteiger partial charge in [0.1, 0.15) is 5.75 Å². The summed E-state index contributed by atoms with van der Waals surface area (Å²) in [6, 6.07) is 14.5. The first kappa shape index (κ1) is 19.4. The highest BCUT2D eigenvalue weighted by molar-refractivity contribution is 5.80. The van der Waals surface area contributed by atoms with E-state index in [1.54, 1.807) is 6.92 Å². The molecule has 0 saturated carbocycles. The summed E-state index contributed by atoms with van der Waals surface area (Å²) >= 11 is 0. The first-order valence-electron chi connectivity index (χ1n) is 9.83. The molecule has 0 aromatic heterocycles. The molecule has 0 bridgehead atoms. The molecule has 4 heteroatoms. The number of aryl methyl sites for hydroxylation is 2. The van der Waals surface area contributed by atoms with Crippen LogP contribution in [0.1, 0.15) is 42.0 Å². The first-order valence-corrected chi connectivity index (χ1v) is 9.83. The molecule has 1 N–H and O–H groups in total. The quantitative estimate of drug-likeness (QED) is 0.806. The molecule has 0 spiro atoms. The summed E-state index contributed by atoms with van der Waals surface area (Å²) in [5, 5.41) is 2.97. The van der Waals surface area contributed by atoms with E-state index in [9.17, 15) is 4.79 Å². The predicted molar refractivity (Wildman–Crippen MR) is 109 cm³/mol. The normalized spacial score (nSPS) is 15.5. The second-order valence-corrected chi connectivity index (χ2v) is 7.55. The number of hydrogen-bond acceptors (Lipinski definition) is 3. The molecule has 0 unspecified atom stereocenters. The Hall–Kier alpha value is -2.33. The number of rotatable bonds is 7. The van der Waals surface area contributed by atoms with Gasteiger partial charge in [-0.05, 0) is 69.5 Å². The first-order chi connectivity index (χ1) is 13.0. The molecule has 144 valence electrons. The van der Waals surface area contributed by atoms with Crippen molar-refractivity contribution in [3.05, 3.63) is 64.7 Å². The van der Waals surface area contributed by atoms with Crippen LogP contribution in [0.3, 0.4) is 0 Å². The van der Waals surface area contributed by atoms with Gasteiger partial charge in [0, 0.05) is 13.1 Å². The number of benzene rings is 2. The van der Waals surface area contributed by atoms with Crippen LogP contribution in [-0.4, -0.2) is 30.0 Å². The molecule has 1 atom stereocenters. The molecule has 1 amide bonds. The van der Waals surface area contributed by atoms with E-state index in [-0.39, 0.29) is 5.91 Å². The van der Waals surface area contributed by atoms with Gasteiger partial charge in [0.2, 0.25) is 0 Å². The Morgan fingerprint density at radius 1 is 1.07 bits per heavy atom. The largest absolute Gasteiger partial charge is 0.481 e. The molecule has 4 nitrogen and oxygen atoms in total. The summed E-state index contributed by atoms with van der Waals surface area (Å²) in [6.45, 7) is 9.77. The van der Waals surface area contributed by atoms with Crippen molar-refractivity contribution in [1.82, 2.24) is 10.2 Å². The van der Waals surface area contributed by atoms with Gasteiger partial charge in [0.25, 0.3) is 5.91 Å². The van der Waals surface area contributed by atoms with E-state index in [0.29, 0.717) is 6.54 Å². The number of carbonyl (C=O) groups excluding carboxylic acids is 1. The Kier molecular flexibility index (Phi) is 6.51. The zero-order valence-corrected chi connectivity index (χ0v) is 16.6. The standard InChI is InChI=1S/C23H30N2O2/c1-17-6-11-22(18(2)14-17)27-19(3)23(26)24-15-20-7-9-21(10-8-20)16-25-12-4-5-13-25/h6-11,14,19H,4-5,12-13,15-16H2,1-3H3,(H,24,26)/t19-/m1/s1. The minimum Gasteiger partial charge on any atom is -0.481 e. The average Bonchev–Trinajstić information content (AvgIpc) is 3.16. The molecule has 27 heavy (non-hydrogen) atoms. The number of carbonyl (C=O) groups is 1. The summed E-state index contributed by atoms with van der Waals surface area (Å²) < 4.78 is 5.83. The summed E-state index contributed by atoms with van der Waals surface area (Å²) in [6.07, 6.45) is 2.10. The van der Waals surface area contributed by atoms with Gasteiger partial charge in [-0.1, -0.05) is 42.0 Å². The fourth-order valence-corrected chi connectivity index (χ4v) is 3.47. The maximum atomic E-state index is 12.4. The molecule has 0 aliphatic carbocycles. The zero-order valence-electron chi connectivity index (χ0n) is 16.6. The summed E-state index contributed by atoms with van der Waals surface area (Å²) in [5.74, 6) is 0.658. The topological polar surface area (TPSA) is 41.6 Å². The monoisotopic (exact) mass is 366 g/mol. The third-order valence-corrected chi connectivity index (χ3v) is 5.10. The van der Waals surface area contributed by atoms with Gasteiger partial charge in [-0.3, -0.25) is 9.69 Å². The van der Waals surface area contributed by atoms with Gasteiger partial charge in [-0.15, -0.1) is 0 Å². The van der Waals surface area contributed by atoms with Gasteiger partial charge in [-0.2, -0.15) is 0 Å². The maximum absolute atomic E-state index is 12.4. The van der Waals surface area contributed by atoms with Crippen LogP contribution in [0.4, 0.5) is 0 Å². The molecule has 1 fully saturated rings. The molecule has 2 aromatic carbocycles. The van der Waals surface area contributed by atoms with Crippen molar-refractivity contribution in [1.29, 1.82) is 0 Å². The van der Waals surface area contributed by atoms with Crippen LogP contribution < -0.4 is 10.1 Å². The Morgan fingerprint density at radius 2 is 1.74 bits per heavy atom. The van der Waals surface area contributed by atoms with E-state index in [4.69, 9.17) is 4.74 Å². The number of likely N-dealkylation sites (tertiary alicyclic amines) is 1. The molecule has 1 heterocycles. The highest BCUT2D eigenvalue weighted by atomic mass is 16.5. The molecular weight excluding hydrogens is 336 g/mol. The highest BCUT2D eigenvalue weighted by Crippen LogP contribution is 2.20. The second-order valence-electron chi connectivity index (χ2n) is 7.55. The summed E-state index contributed by atoms with van der Waals surface area (Å²) in [4.78, 5) is 14.8. The van der Waals surface area contributed by atoms with Crippen LogP contribution in [0.15, 0.2) is 42.5 Å². The lowest BCUT2D eigenvalue weighted by atomic mass is 10.1. The van der Waals surface area contributed by atoms with Gasteiger partial charge in [0.05, 0.1) is 0 Å². The van der Waals surface area contributed by atoms with E-state index >= 15 is 0 Å². The van der Waals surface area contributed by atoms with Crippen LogP contribution in [0.5, 0.6) is 5.75 Å². The maximum Gasteiger partial charge on any atom is 0.261 e. The van der Waals surface area contributed by atoms with E-state index < -0.39 is 6.10 Å². The average molecular weight is 367 g/mol. The molecular formula is C23H30N2O2. The van der Waals surface area contributed by atoms with Crippen molar-refractivity contribution < 1.29 is 9.53 Å². The van der Waals surface area contributed by atoms with Crippen LogP contribution >= 0.6 is 0 Å². The minimum absolute atomic E-state index is 0.101. The third-order valence-electron chi connectivity index (χ3n) is 5.10. The third kappa shape index (κ3) is 5.57. The van der Waals surface area contributed by atoms with Crippen LogP contribution in [-0.2, 0) is 17.9 Å². The second kappa shape index (κ2) is 9.05. The van der Waals surface area contributed by atoms with Gasteiger partial charge in [-0.25, -0.2) is 0 Å². The van der Waals surface area contributed by atoms with Crippen molar-refractivity contribution >= 4 is 5.91 Å². The molecule has 1 aliphatic heterocycles. The lowest BCUT2D eigenvalue weighted by Gasteiger charge is -2.17. The minimum atomic E-state index is -0.527. The highest BCUT2D eigenvalue weighted by Gasteiger charge is 2.15. The van der Waals surface area contributed by atoms with Crippen molar-refractivity contribution in [2.24, 2.45) is 0 Å². The predicted octanol–water partition coefficient (Wildman–Crippen LogP) is 3.98. The Bertz CT molecular complexity index is 764. The van der Waals surface area contributed by atoms with E-state index in [0.717, 1.165) is 23.4 Å². The van der Waals surface area contributed by atoms with Crippen molar-refractivity contribution in [3.63, 3.8) is 0 Å². The summed E-state index contributed by atoms with van der Waals surface area (Å²) in [7, 11) is 0. The van der Waals surface area contributed by atoms with Gasteiger partial charge in [0.15, 0.2) is 6.10 Å². The molecule has 2 aromatic rings. The Balaban J connectivity index is 1.47. The number of nitrogens with zero attached hydrogens (tertiary/aromatic N) is 1. The molecule has 0 radical (unpaired) electrons.